The molecule has 4 heteroatoms. The molecule has 2 saturated carbocycles. The van der Waals surface area contributed by atoms with Crippen LogP contribution in [0.5, 0.6) is 0 Å². The lowest BCUT2D eigenvalue weighted by Crippen LogP contribution is -2.49. The second-order valence-electron chi connectivity index (χ2n) is 7.21. The standard InChI is InChI=1S/C18H23BrN2O/c19-15-4-5-16-11(10-15)6-7-21(16)18(22)14-8-12-2-1-3-13(9-14)17(12)20/h4-5,10,12-14,17H,1-3,6-9,20H2. The molecule has 118 valence electrons. The Morgan fingerprint density at radius 2 is 1.95 bits per heavy atom. The minimum Gasteiger partial charge on any atom is -0.327 e. The van der Waals surface area contributed by atoms with Crippen LogP contribution in [0, 0.1) is 17.8 Å². The molecule has 1 aromatic carbocycles. The molecule has 2 aliphatic carbocycles. The lowest BCUT2D eigenvalue weighted by molar-refractivity contribution is -0.125. The second-order valence-corrected chi connectivity index (χ2v) is 8.13. The minimum atomic E-state index is 0.185. The van der Waals surface area contributed by atoms with Gasteiger partial charge in [-0.05, 0) is 67.7 Å². The molecule has 0 aromatic heterocycles. The van der Waals surface area contributed by atoms with Crippen LogP contribution >= 0.6 is 15.9 Å². The lowest BCUT2D eigenvalue weighted by atomic mass is 9.65. The molecule has 2 bridgehead atoms. The van der Waals surface area contributed by atoms with Crippen molar-refractivity contribution in [3.8, 4) is 0 Å². The molecule has 1 aliphatic heterocycles. The van der Waals surface area contributed by atoms with Crippen molar-refractivity contribution in [2.75, 3.05) is 11.4 Å². The average Bonchev–Trinajstić information content (AvgIpc) is 2.89. The van der Waals surface area contributed by atoms with Crippen LogP contribution in [0.1, 0.15) is 37.7 Å². The Labute approximate surface area is 140 Å². The molecule has 1 heterocycles. The molecule has 0 radical (unpaired) electrons. The first-order chi connectivity index (χ1) is 10.6. The smallest absolute Gasteiger partial charge is 0.230 e. The predicted molar refractivity (Wildman–Crippen MR) is 91.7 cm³/mol. The number of anilines is 1. The topological polar surface area (TPSA) is 46.3 Å². The van der Waals surface area contributed by atoms with Gasteiger partial charge in [0.2, 0.25) is 5.91 Å². The third kappa shape index (κ3) is 2.41. The number of amides is 1. The van der Waals surface area contributed by atoms with Crippen molar-refractivity contribution >= 4 is 27.5 Å². The number of nitrogens with two attached hydrogens (primary N) is 1. The molecule has 2 fully saturated rings. The number of rotatable bonds is 1. The Kier molecular flexibility index (Phi) is 3.77. The molecule has 2 atom stereocenters. The summed E-state index contributed by atoms with van der Waals surface area (Å²) in [4.78, 5) is 15.1. The monoisotopic (exact) mass is 362 g/mol. The molecule has 1 aromatic rings. The Bertz CT molecular complexity index is 589. The van der Waals surface area contributed by atoms with E-state index in [1.165, 1.54) is 24.8 Å². The number of fused-ring (bicyclic) bond motifs is 3. The van der Waals surface area contributed by atoms with Crippen LogP contribution in [0.4, 0.5) is 5.69 Å². The molecule has 4 rings (SSSR count). The Balaban J connectivity index is 1.54. The summed E-state index contributed by atoms with van der Waals surface area (Å²) >= 11 is 3.52. The van der Waals surface area contributed by atoms with Gasteiger partial charge >= 0.3 is 0 Å². The van der Waals surface area contributed by atoms with E-state index >= 15 is 0 Å². The molecule has 0 saturated heterocycles. The van der Waals surface area contributed by atoms with E-state index in [9.17, 15) is 4.79 Å². The number of hydrogen-bond donors (Lipinski definition) is 1. The number of hydrogen-bond acceptors (Lipinski definition) is 2. The number of benzene rings is 1. The highest BCUT2D eigenvalue weighted by atomic mass is 79.9. The van der Waals surface area contributed by atoms with Crippen molar-refractivity contribution < 1.29 is 4.79 Å². The van der Waals surface area contributed by atoms with Crippen LogP contribution in [-0.4, -0.2) is 18.5 Å². The Hall–Kier alpha value is -0.870. The van der Waals surface area contributed by atoms with E-state index in [1.54, 1.807) is 0 Å². The van der Waals surface area contributed by atoms with Gasteiger partial charge in [0.15, 0.2) is 0 Å². The van der Waals surface area contributed by atoms with Crippen LogP contribution in [0.3, 0.4) is 0 Å². The number of carbonyl (C=O) groups excluding carboxylic acids is 1. The first-order valence-electron chi connectivity index (χ1n) is 8.49. The number of nitrogens with zero attached hydrogens (tertiary/aromatic N) is 1. The maximum absolute atomic E-state index is 13.1. The summed E-state index contributed by atoms with van der Waals surface area (Å²) < 4.78 is 1.10. The van der Waals surface area contributed by atoms with Gasteiger partial charge in [-0.1, -0.05) is 22.4 Å². The quantitative estimate of drug-likeness (QED) is 0.830. The Morgan fingerprint density at radius 1 is 1.23 bits per heavy atom. The zero-order valence-electron chi connectivity index (χ0n) is 12.8. The summed E-state index contributed by atoms with van der Waals surface area (Å²) in [7, 11) is 0. The molecule has 2 N–H and O–H groups in total. The summed E-state index contributed by atoms with van der Waals surface area (Å²) in [5.41, 5.74) is 8.77. The Morgan fingerprint density at radius 3 is 2.68 bits per heavy atom. The van der Waals surface area contributed by atoms with Crippen molar-refractivity contribution in [3.63, 3.8) is 0 Å². The third-order valence-electron chi connectivity index (χ3n) is 5.97. The van der Waals surface area contributed by atoms with Gasteiger partial charge in [-0.15, -0.1) is 0 Å². The average molecular weight is 363 g/mol. The second kappa shape index (κ2) is 5.64. The van der Waals surface area contributed by atoms with Gasteiger partial charge in [-0.25, -0.2) is 0 Å². The van der Waals surface area contributed by atoms with Gasteiger partial charge in [0.1, 0.15) is 0 Å². The van der Waals surface area contributed by atoms with Crippen LogP contribution in [0.15, 0.2) is 22.7 Å². The molecule has 22 heavy (non-hydrogen) atoms. The summed E-state index contributed by atoms with van der Waals surface area (Å²) in [5.74, 6) is 1.65. The van der Waals surface area contributed by atoms with Gasteiger partial charge < -0.3 is 10.6 Å². The summed E-state index contributed by atoms with van der Waals surface area (Å²) in [6.07, 6.45) is 6.69. The maximum atomic E-state index is 13.1. The first kappa shape index (κ1) is 14.7. The zero-order valence-corrected chi connectivity index (χ0v) is 14.4. The minimum absolute atomic E-state index is 0.185. The molecule has 1 amide bonds. The first-order valence-corrected chi connectivity index (χ1v) is 9.28. The van der Waals surface area contributed by atoms with Gasteiger partial charge in [-0.2, -0.15) is 0 Å². The molecule has 2 unspecified atom stereocenters. The predicted octanol–water partition coefficient (Wildman–Crippen LogP) is 3.49. The summed E-state index contributed by atoms with van der Waals surface area (Å²) in [5, 5.41) is 0. The van der Waals surface area contributed by atoms with Gasteiger partial charge in [0.05, 0.1) is 0 Å². The fourth-order valence-electron chi connectivity index (χ4n) is 4.81. The van der Waals surface area contributed by atoms with E-state index < -0.39 is 0 Å². The zero-order chi connectivity index (χ0) is 15.3. The lowest BCUT2D eigenvalue weighted by Gasteiger charge is -2.44. The highest BCUT2D eigenvalue weighted by Crippen LogP contribution is 2.43. The molecule has 0 spiro atoms. The molecule has 3 nitrogen and oxygen atoms in total. The van der Waals surface area contributed by atoms with Crippen LogP contribution < -0.4 is 10.6 Å². The van der Waals surface area contributed by atoms with Gasteiger partial charge in [0, 0.05) is 28.7 Å². The number of halogens is 1. The fraction of sp³-hybridized carbons (Fsp3) is 0.611. The van der Waals surface area contributed by atoms with Crippen LogP contribution in [-0.2, 0) is 11.2 Å². The van der Waals surface area contributed by atoms with E-state index in [0.717, 1.165) is 36.0 Å². The van der Waals surface area contributed by atoms with E-state index in [-0.39, 0.29) is 5.92 Å². The highest BCUT2D eigenvalue weighted by molar-refractivity contribution is 9.10. The van der Waals surface area contributed by atoms with Gasteiger partial charge in [0.25, 0.3) is 0 Å². The molecular formula is C18H23BrN2O. The van der Waals surface area contributed by atoms with Crippen LogP contribution in [0.2, 0.25) is 0 Å². The highest BCUT2D eigenvalue weighted by Gasteiger charge is 2.42. The normalized spacial score (nSPS) is 33.6. The molecular weight excluding hydrogens is 340 g/mol. The number of carbonyl (C=O) groups is 1. The molecule has 3 aliphatic rings. The van der Waals surface area contributed by atoms with Crippen molar-refractivity contribution in [1.82, 2.24) is 0 Å². The van der Waals surface area contributed by atoms with E-state index in [2.05, 4.69) is 28.1 Å². The van der Waals surface area contributed by atoms with Crippen molar-refractivity contribution in [2.45, 2.75) is 44.6 Å². The van der Waals surface area contributed by atoms with E-state index in [0.29, 0.717) is 23.8 Å². The van der Waals surface area contributed by atoms with E-state index in [4.69, 9.17) is 5.73 Å². The fourth-order valence-corrected chi connectivity index (χ4v) is 5.22. The summed E-state index contributed by atoms with van der Waals surface area (Å²) in [6, 6.07) is 6.60. The third-order valence-corrected chi connectivity index (χ3v) is 6.46. The van der Waals surface area contributed by atoms with Crippen molar-refractivity contribution in [3.05, 3.63) is 28.2 Å². The van der Waals surface area contributed by atoms with Crippen LogP contribution in [0.25, 0.3) is 0 Å². The summed E-state index contributed by atoms with van der Waals surface area (Å²) in [6.45, 7) is 0.836. The van der Waals surface area contributed by atoms with Crippen molar-refractivity contribution in [1.29, 1.82) is 0 Å². The maximum Gasteiger partial charge on any atom is 0.230 e. The van der Waals surface area contributed by atoms with Gasteiger partial charge in [-0.3, -0.25) is 4.79 Å². The SMILES string of the molecule is NC1C2CCCC1CC(C(=O)N1CCc3cc(Br)ccc31)C2. The van der Waals surface area contributed by atoms with E-state index in [1.807, 2.05) is 11.0 Å². The largest absolute Gasteiger partial charge is 0.327 e. The van der Waals surface area contributed by atoms with Crippen molar-refractivity contribution in [2.24, 2.45) is 23.5 Å².